The minimum Gasteiger partial charge on any atom is -0.497 e. The van der Waals surface area contributed by atoms with E-state index in [9.17, 15) is 18.0 Å². The summed E-state index contributed by atoms with van der Waals surface area (Å²) < 4.78 is 34.0. The molecule has 3 aromatic carbocycles. The van der Waals surface area contributed by atoms with Crippen molar-refractivity contribution in [3.05, 3.63) is 88.4 Å². The maximum Gasteiger partial charge on any atom is 0.264 e. The van der Waals surface area contributed by atoms with E-state index in [1.165, 1.54) is 30.2 Å². The van der Waals surface area contributed by atoms with Gasteiger partial charge >= 0.3 is 0 Å². The Morgan fingerprint density at radius 2 is 1.57 bits per heavy atom. The molecular formula is C29H33Cl2N3O5S. The summed E-state index contributed by atoms with van der Waals surface area (Å²) in [6.07, 6.45) is 0.696. The van der Waals surface area contributed by atoms with Crippen molar-refractivity contribution >= 4 is 50.7 Å². The number of anilines is 1. The van der Waals surface area contributed by atoms with Crippen molar-refractivity contribution in [1.82, 2.24) is 10.2 Å². The Kier molecular flexibility index (Phi) is 10.8. The molecule has 2 amide bonds. The van der Waals surface area contributed by atoms with Crippen LogP contribution in [-0.2, 0) is 26.2 Å². The first-order valence-electron chi connectivity index (χ1n) is 12.7. The number of amides is 2. The van der Waals surface area contributed by atoms with E-state index in [0.717, 1.165) is 4.31 Å². The molecular weight excluding hydrogens is 573 g/mol. The number of sulfonamides is 1. The summed E-state index contributed by atoms with van der Waals surface area (Å²) in [5.74, 6) is -0.589. The van der Waals surface area contributed by atoms with Gasteiger partial charge in [-0.15, -0.1) is 0 Å². The molecule has 40 heavy (non-hydrogen) atoms. The van der Waals surface area contributed by atoms with Gasteiger partial charge in [-0.2, -0.15) is 0 Å². The van der Waals surface area contributed by atoms with E-state index in [0.29, 0.717) is 27.8 Å². The average Bonchev–Trinajstić information content (AvgIpc) is 2.95. The van der Waals surface area contributed by atoms with E-state index in [1.807, 2.05) is 13.8 Å². The number of nitrogens with zero attached hydrogens (tertiary/aromatic N) is 2. The molecule has 11 heteroatoms. The average molecular weight is 607 g/mol. The number of ether oxygens (including phenoxy) is 1. The van der Waals surface area contributed by atoms with Crippen LogP contribution >= 0.6 is 23.2 Å². The fourth-order valence-electron chi connectivity index (χ4n) is 3.92. The van der Waals surface area contributed by atoms with Crippen molar-refractivity contribution in [2.45, 2.75) is 50.7 Å². The number of halogens is 2. The minimum atomic E-state index is -4.19. The van der Waals surface area contributed by atoms with Crippen LogP contribution in [0.25, 0.3) is 0 Å². The molecule has 214 valence electrons. The van der Waals surface area contributed by atoms with Gasteiger partial charge in [0.05, 0.1) is 17.7 Å². The quantitative estimate of drug-likeness (QED) is 0.293. The van der Waals surface area contributed by atoms with Crippen LogP contribution in [0.3, 0.4) is 0 Å². The summed E-state index contributed by atoms with van der Waals surface area (Å²) >= 11 is 12.8. The number of methoxy groups -OCH3 is 1. The van der Waals surface area contributed by atoms with Crippen molar-refractivity contribution in [3.63, 3.8) is 0 Å². The van der Waals surface area contributed by atoms with Crippen LogP contribution in [0.15, 0.2) is 77.7 Å². The summed E-state index contributed by atoms with van der Waals surface area (Å²) in [6.45, 7) is 4.68. The highest BCUT2D eigenvalue weighted by Gasteiger charge is 2.33. The second-order valence-corrected chi connectivity index (χ2v) is 11.9. The van der Waals surface area contributed by atoms with Gasteiger partial charge in [0.15, 0.2) is 0 Å². The lowest BCUT2D eigenvalue weighted by Gasteiger charge is -2.33. The zero-order valence-electron chi connectivity index (χ0n) is 22.8. The van der Waals surface area contributed by atoms with Crippen molar-refractivity contribution in [2.24, 2.45) is 0 Å². The summed E-state index contributed by atoms with van der Waals surface area (Å²) in [4.78, 5) is 28.5. The molecule has 0 bridgehead atoms. The van der Waals surface area contributed by atoms with Crippen LogP contribution < -0.4 is 14.4 Å². The van der Waals surface area contributed by atoms with Gasteiger partial charge in [0, 0.05) is 34.3 Å². The van der Waals surface area contributed by atoms with Crippen LogP contribution in [0.2, 0.25) is 10.0 Å². The van der Waals surface area contributed by atoms with E-state index < -0.39 is 28.5 Å². The number of carbonyl (C=O) groups is 2. The maximum absolute atomic E-state index is 14.0. The first kappa shape index (κ1) is 31.3. The van der Waals surface area contributed by atoms with Gasteiger partial charge in [0.25, 0.3) is 10.0 Å². The molecule has 3 aromatic rings. The molecule has 0 saturated carbocycles. The number of rotatable bonds is 12. The van der Waals surface area contributed by atoms with Crippen molar-refractivity contribution < 1.29 is 22.7 Å². The Balaban J connectivity index is 2.07. The molecule has 0 unspecified atom stereocenters. The molecule has 0 fully saturated rings. The lowest BCUT2D eigenvalue weighted by Crippen LogP contribution is -2.52. The highest BCUT2D eigenvalue weighted by molar-refractivity contribution is 7.92. The molecule has 0 saturated heterocycles. The van der Waals surface area contributed by atoms with Gasteiger partial charge in [0.1, 0.15) is 18.3 Å². The lowest BCUT2D eigenvalue weighted by atomic mass is 10.1. The smallest absolute Gasteiger partial charge is 0.264 e. The number of benzene rings is 3. The largest absolute Gasteiger partial charge is 0.497 e. The van der Waals surface area contributed by atoms with Crippen molar-refractivity contribution in [2.75, 3.05) is 18.0 Å². The van der Waals surface area contributed by atoms with Crippen LogP contribution in [0.1, 0.15) is 32.8 Å². The highest BCUT2D eigenvalue weighted by atomic mass is 35.5. The van der Waals surface area contributed by atoms with E-state index in [4.69, 9.17) is 27.9 Å². The molecule has 1 N–H and O–H groups in total. The fraction of sp³-hybridized carbons (Fsp3) is 0.310. The Morgan fingerprint density at radius 1 is 0.950 bits per heavy atom. The van der Waals surface area contributed by atoms with E-state index >= 15 is 0 Å². The first-order valence-corrected chi connectivity index (χ1v) is 14.9. The SMILES string of the molecule is CC[C@H](C)NC(=O)[C@H](C)N(Cc1c(Cl)cccc1Cl)C(=O)CN(c1cccc(OC)c1)S(=O)(=O)c1ccccc1. The van der Waals surface area contributed by atoms with Gasteiger partial charge in [-0.25, -0.2) is 8.42 Å². The first-order chi connectivity index (χ1) is 19.0. The summed E-state index contributed by atoms with van der Waals surface area (Å²) in [6, 6.07) is 18.1. The molecule has 2 atom stereocenters. The molecule has 0 aliphatic carbocycles. The van der Waals surface area contributed by atoms with Gasteiger partial charge < -0.3 is 15.0 Å². The third kappa shape index (κ3) is 7.47. The fourth-order valence-corrected chi connectivity index (χ4v) is 5.86. The van der Waals surface area contributed by atoms with Gasteiger partial charge in [-0.05, 0) is 56.7 Å². The minimum absolute atomic E-state index is 0.00822. The summed E-state index contributed by atoms with van der Waals surface area (Å²) in [5, 5.41) is 3.53. The molecule has 8 nitrogen and oxygen atoms in total. The Morgan fingerprint density at radius 3 is 2.17 bits per heavy atom. The topological polar surface area (TPSA) is 96.0 Å². The zero-order chi connectivity index (χ0) is 29.4. The van der Waals surface area contributed by atoms with E-state index in [1.54, 1.807) is 61.5 Å². The number of nitrogens with one attached hydrogen (secondary N) is 1. The molecule has 0 aromatic heterocycles. The third-order valence-corrected chi connectivity index (χ3v) is 9.01. The normalized spacial score (nSPS) is 12.8. The van der Waals surface area contributed by atoms with Crippen molar-refractivity contribution in [1.29, 1.82) is 0 Å². The molecule has 0 aliphatic rings. The number of hydrogen-bond acceptors (Lipinski definition) is 5. The van der Waals surface area contributed by atoms with Crippen LogP contribution in [0.5, 0.6) is 5.75 Å². The van der Waals surface area contributed by atoms with Crippen LogP contribution in [-0.4, -0.2) is 50.9 Å². The lowest BCUT2D eigenvalue weighted by molar-refractivity contribution is -0.139. The van der Waals surface area contributed by atoms with E-state index in [-0.39, 0.29) is 29.1 Å². The van der Waals surface area contributed by atoms with E-state index in [2.05, 4.69) is 5.32 Å². The van der Waals surface area contributed by atoms with Gasteiger partial charge in [0.2, 0.25) is 11.8 Å². The van der Waals surface area contributed by atoms with Crippen molar-refractivity contribution in [3.8, 4) is 5.75 Å². The maximum atomic E-state index is 14.0. The molecule has 0 radical (unpaired) electrons. The van der Waals surface area contributed by atoms with Crippen LogP contribution in [0.4, 0.5) is 5.69 Å². The Hall–Kier alpha value is -3.27. The predicted octanol–water partition coefficient (Wildman–Crippen LogP) is 5.53. The van der Waals surface area contributed by atoms with Gasteiger partial charge in [-0.1, -0.05) is 60.5 Å². The second kappa shape index (κ2) is 13.9. The molecule has 0 heterocycles. The zero-order valence-corrected chi connectivity index (χ0v) is 25.1. The Labute approximate surface area is 245 Å². The van der Waals surface area contributed by atoms with Crippen LogP contribution in [0, 0.1) is 0 Å². The summed E-state index contributed by atoms with van der Waals surface area (Å²) in [5.41, 5.74) is 0.671. The molecule has 3 rings (SSSR count). The summed E-state index contributed by atoms with van der Waals surface area (Å²) in [7, 11) is -2.72. The monoisotopic (exact) mass is 605 g/mol. The molecule has 0 spiro atoms. The highest BCUT2D eigenvalue weighted by Crippen LogP contribution is 2.29. The second-order valence-electron chi connectivity index (χ2n) is 9.24. The number of carbonyl (C=O) groups excluding carboxylic acids is 2. The third-order valence-electron chi connectivity index (χ3n) is 6.51. The molecule has 0 aliphatic heterocycles. The Bertz CT molecular complexity index is 1420. The predicted molar refractivity (Wildman–Crippen MR) is 158 cm³/mol. The van der Waals surface area contributed by atoms with Gasteiger partial charge in [-0.3, -0.25) is 13.9 Å². The standard InChI is InChI=1S/C29H33Cl2N3O5S/c1-5-20(2)32-29(36)21(3)33(18-25-26(30)15-10-16-27(25)31)28(35)19-34(22-11-9-12-23(17-22)39-4)40(37,38)24-13-7-6-8-14-24/h6-17,20-21H,5,18-19H2,1-4H3,(H,32,36)/t20-,21-/m0/s1. The number of hydrogen-bond donors (Lipinski definition) is 1.